The first-order chi connectivity index (χ1) is 9.65. The lowest BCUT2D eigenvalue weighted by molar-refractivity contribution is 0.396. The molecular formula is C14H17BrIN3O. The Morgan fingerprint density at radius 2 is 2.15 bits per heavy atom. The number of aromatic nitrogens is 2. The van der Waals surface area contributed by atoms with E-state index in [1.54, 1.807) is 0 Å². The van der Waals surface area contributed by atoms with Crippen molar-refractivity contribution < 1.29 is 4.42 Å². The molecule has 1 atom stereocenters. The fourth-order valence-corrected chi connectivity index (χ4v) is 2.78. The van der Waals surface area contributed by atoms with E-state index in [-0.39, 0.29) is 6.04 Å². The Morgan fingerprint density at radius 3 is 2.85 bits per heavy atom. The first-order valence-corrected chi connectivity index (χ1v) is 8.55. The number of rotatable bonds is 6. The summed E-state index contributed by atoms with van der Waals surface area (Å²) in [5.74, 6) is 1.21. The van der Waals surface area contributed by atoms with Crippen molar-refractivity contribution in [2.24, 2.45) is 0 Å². The largest absolute Gasteiger partial charge is 0.419 e. The average molecular weight is 450 g/mol. The van der Waals surface area contributed by atoms with Gasteiger partial charge in [0.2, 0.25) is 11.8 Å². The minimum atomic E-state index is 0.123. The normalized spacial score (nSPS) is 12.6. The molecular weight excluding hydrogens is 433 g/mol. The van der Waals surface area contributed by atoms with Crippen LogP contribution in [0.25, 0.3) is 11.5 Å². The van der Waals surface area contributed by atoms with Crippen molar-refractivity contribution in [1.29, 1.82) is 0 Å². The van der Waals surface area contributed by atoms with Crippen LogP contribution in [0.3, 0.4) is 0 Å². The van der Waals surface area contributed by atoms with E-state index in [4.69, 9.17) is 4.42 Å². The number of hydrogen-bond donors (Lipinski definition) is 1. The highest BCUT2D eigenvalue weighted by molar-refractivity contribution is 14.1. The standard InChI is InChI=1S/C14H17BrIN3O/c1-3-7-17-12(4-2)14-19-18-13(20-14)10-8-9(16)5-6-11(10)15/h5-6,8,12,17H,3-4,7H2,1-2H3. The van der Waals surface area contributed by atoms with Gasteiger partial charge in [-0.2, -0.15) is 0 Å². The van der Waals surface area contributed by atoms with Crippen LogP contribution in [0.5, 0.6) is 0 Å². The molecule has 0 saturated heterocycles. The van der Waals surface area contributed by atoms with Crippen molar-refractivity contribution >= 4 is 38.5 Å². The van der Waals surface area contributed by atoms with Gasteiger partial charge in [-0.05, 0) is 76.1 Å². The molecule has 0 aliphatic carbocycles. The summed E-state index contributed by atoms with van der Waals surface area (Å²) in [4.78, 5) is 0. The summed E-state index contributed by atoms with van der Waals surface area (Å²) in [6.45, 7) is 5.20. The van der Waals surface area contributed by atoms with Gasteiger partial charge in [0, 0.05) is 8.04 Å². The summed E-state index contributed by atoms with van der Waals surface area (Å²) in [5.41, 5.74) is 0.931. The molecule has 0 spiro atoms. The molecule has 0 saturated carbocycles. The maximum absolute atomic E-state index is 5.84. The molecule has 20 heavy (non-hydrogen) atoms. The molecule has 4 nitrogen and oxygen atoms in total. The zero-order valence-corrected chi connectivity index (χ0v) is 15.2. The van der Waals surface area contributed by atoms with E-state index in [0.717, 1.165) is 33.0 Å². The van der Waals surface area contributed by atoms with E-state index in [0.29, 0.717) is 11.8 Å². The first kappa shape index (κ1) is 15.9. The van der Waals surface area contributed by atoms with Crippen molar-refractivity contribution in [3.8, 4) is 11.5 Å². The zero-order chi connectivity index (χ0) is 14.5. The molecule has 108 valence electrons. The SMILES string of the molecule is CCCNC(CC)c1nnc(-c2cc(I)ccc2Br)o1. The van der Waals surface area contributed by atoms with E-state index in [1.807, 2.05) is 18.2 Å². The van der Waals surface area contributed by atoms with Crippen LogP contribution in [0.2, 0.25) is 0 Å². The van der Waals surface area contributed by atoms with Gasteiger partial charge in [-0.1, -0.05) is 13.8 Å². The number of hydrogen-bond acceptors (Lipinski definition) is 4. The molecule has 0 radical (unpaired) electrons. The Labute approximate surface area is 141 Å². The number of nitrogens with zero attached hydrogens (tertiary/aromatic N) is 2. The molecule has 1 aromatic heterocycles. The predicted octanol–water partition coefficient (Wildman–Crippen LogP) is 4.55. The number of halogens is 2. The third kappa shape index (κ3) is 3.79. The molecule has 1 heterocycles. The van der Waals surface area contributed by atoms with Crippen molar-refractivity contribution in [2.75, 3.05) is 6.54 Å². The van der Waals surface area contributed by atoms with Crippen molar-refractivity contribution in [2.45, 2.75) is 32.7 Å². The summed E-state index contributed by atoms with van der Waals surface area (Å²) in [5, 5.41) is 11.8. The van der Waals surface area contributed by atoms with Crippen LogP contribution < -0.4 is 5.32 Å². The number of nitrogens with one attached hydrogen (secondary N) is 1. The Hall–Kier alpha value is -0.470. The van der Waals surface area contributed by atoms with Gasteiger partial charge in [0.25, 0.3) is 0 Å². The summed E-state index contributed by atoms with van der Waals surface area (Å²) in [6.07, 6.45) is 2.01. The smallest absolute Gasteiger partial charge is 0.249 e. The van der Waals surface area contributed by atoms with Crippen LogP contribution >= 0.6 is 38.5 Å². The van der Waals surface area contributed by atoms with E-state index in [9.17, 15) is 0 Å². The van der Waals surface area contributed by atoms with Crippen LogP contribution in [-0.4, -0.2) is 16.7 Å². The van der Waals surface area contributed by atoms with Crippen LogP contribution in [0.4, 0.5) is 0 Å². The molecule has 0 aliphatic heterocycles. The third-order valence-electron chi connectivity index (χ3n) is 2.95. The Morgan fingerprint density at radius 1 is 1.35 bits per heavy atom. The molecule has 2 aromatic rings. The lowest BCUT2D eigenvalue weighted by atomic mass is 10.2. The van der Waals surface area contributed by atoms with Gasteiger partial charge in [0.1, 0.15) is 0 Å². The fraction of sp³-hybridized carbons (Fsp3) is 0.429. The zero-order valence-electron chi connectivity index (χ0n) is 11.5. The van der Waals surface area contributed by atoms with Gasteiger partial charge in [0.05, 0.1) is 11.6 Å². The molecule has 1 aromatic carbocycles. The van der Waals surface area contributed by atoms with Crippen LogP contribution in [0.15, 0.2) is 27.1 Å². The van der Waals surface area contributed by atoms with Crippen molar-refractivity contribution in [3.05, 3.63) is 32.1 Å². The summed E-state index contributed by atoms with van der Waals surface area (Å²) >= 11 is 5.80. The minimum Gasteiger partial charge on any atom is -0.419 e. The second-order valence-electron chi connectivity index (χ2n) is 4.48. The Balaban J connectivity index is 2.25. The molecule has 1 N–H and O–H groups in total. The monoisotopic (exact) mass is 449 g/mol. The number of benzene rings is 1. The van der Waals surface area contributed by atoms with Gasteiger partial charge >= 0.3 is 0 Å². The maximum Gasteiger partial charge on any atom is 0.249 e. The Kier molecular flexibility index (Phi) is 5.98. The highest BCUT2D eigenvalue weighted by atomic mass is 127. The fourth-order valence-electron chi connectivity index (χ4n) is 1.87. The van der Waals surface area contributed by atoms with E-state index < -0.39 is 0 Å². The highest BCUT2D eigenvalue weighted by Crippen LogP contribution is 2.30. The van der Waals surface area contributed by atoms with E-state index >= 15 is 0 Å². The van der Waals surface area contributed by atoms with Crippen LogP contribution in [0, 0.1) is 3.57 Å². The molecule has 6 heteroatoms. The molecule has 0 aliphatic rings. The van der Waals surface area contributed by atoms with Gasteiger partial charge in [0.15, 0.2) is 0 Å². The van der Waals surface area contributed by atoms with Gasteiger partial charge < -0.3 is 9.73 Å². The summed E-state index contributed by atoms with van der Waals surface area (Å²) in [7, 11) is 0. The average Bonchev–Trinajstić information content (AvgIpc) is 2.92. The predicted molar refractivity (Wildman–Crippen MR) is 91.5 cm³/mol. The molecule has 0 bridgehead atoms. The van der Waals surface area contributed by atoms with E-state index in [2.05, 4.69) is 67.9 Å². The first-order valence-electron chi connectivity index (χ1n) is 6.67. The quantitative estimate of drug-likeness (QED) is 0.657. The molecule has 0 amide bonds. The van der Waals surface area contributed by atoms with Crippen LogP contribution in [-0.2, 0) is 0 Å². The second kappa shape index (κ2) is 7.51. The molecule has 2 rings (SSSR count). The van der Waals surface area contributed by atoms with Gasteiger partial charge in [-0.25, -0.2) is 0 Å². The van der Waals surface area contributed by atoms with Gasteiger partial charge in [-0.15, -0.1) is 10.2 Å². The second-order valence-corrected chi connectivity index (χ2v) is 6.58. The summed E-state index contributed by atoms with van der Waals surface area (Å²) in [6, 6.07) is 6.18. The van der Waals surface area contributed by atoms with Crippen LogP contribution in [0.1, 0.15) is 38.6 Å². The lowest BCUT2D eigenvalue weighted by Crippen LogP contribution is -2.21. The molecule has 1 unspecified atom stereocenters. The molecule has 0 fully saturated rings. The lowest BCUT2D eigenvalue weighted by Gasteiger charge is -2.11. The maximum atomic E-state index is 5.84. The minimum absolute atomic E-state index is 0.123. The van der Waals surface area contributed by atoms with Crippen molar-refractivity contribution in [3.63, 3.8) is 0 Å². The topological polar surface area (TPSA) is 51.0 Å². The Bertz CT molecular complexity index is 573. The summed E-state index contributed by atoms with van der Waals surface area (Å²) < 4.78 is 7.93. The third-order valence-corrected chi connectivity index (χ3v) is 4.31. The van der Waals surface area contributed by atoms with Crippen molar-refractivity contribution in [1.82, 2.24) is 15.5 Å². The highest BCUT2D eigenvalue weighted by Gasteiger charge is 2.18. The van der Waals surface area contributed by atoms with E-state index in [1.165, 1.54) is 0 Å². The van der Waals surface area contributed by atoms with Gasteiger partial charge in [-0.3, -0.25) is 0 Å².